The van der Waals surface area contributed by atoms with Crippen LogP contribution in [0.15, 0.2) is 0 Å². The molecule has 2 aliphatic rings. The van der Waals surface area contributed by atoms with Gasteiger partial charge in [-0.3, -0.25) is 0 Å². The van der Waals surface area contributed by atoms with Crippen LogP contribution in [0.1, 0.15) is 27.7 Å². The van der Waals surface area contributed by atoms with Crippen molar-refractivity contribution in [3.05, 3.63) is 0 Å². The highest BCUT2D eigenvalue weighted by Crippen LogP contribution is 2.36. The molecular weight excluding hydrogens is 268 g/mol. The van der Waals surface area contributed by atoms with Gasteiger partial charge in [-0.15, -0.1) is 0 Å². The van der Waals surface area contributed by atoms with Gasteiger partial charge in [-0.25, -0.2) is 4.79 Å². The Morgan fingerprint density at radius 3 is 2.35 bits per heavy atom. The quantitative estimate of drug-likeness (QED) is 0.743. The molecular formula is C13H22O7. The number of hydrogen-bond acceptors (Lipinski definition) is 7. The Kier molecular flexibility index (Phi) is 4.10. The summed E-state index contributed by atoms with van der Waals surface area (Å²) in [5.41, 5.74) is 0. The van der Waals surface area contributed by atoms with Gasteiger partial charge < -0.3 is 28.8 Å². The number of carbonyl (C=O) groups excluding carboxylic acids is 1. The molecule has 7 nitrogen and oxygen atoms in total. The van der Waals surface area contributed by atoms with Crippen molar-refractivity contribution in [2.75, 3.05) is 13.7 Å². The van der Waals surface area contributed by atoms with E-state index >= 15 is 0 Å². The van der Waals surface area contributed by atoms with Crippen LogP contribution in [0.25, 0.3) is 0 Å². The van der Waals surface area contributed by atoms with E-state index in [2.05, 4.69) is 4.74 Å². The van der Waals surface area contributed by atoms with Gasteiger partial charge in [0.1, 0.15) is 18.3 Å². The Morgan fingerprint density at radius 1 is 1.20 bits per heavy atom. The van der Waals surface area contributed by atoms with Gasteiger partial charge >= 0.3 is 5.97 Å². The second-order valence-electron chi connectivity index (χ2n) is 5.90. The number of aliphatic hydroxyl groups excluding tert-OH is 1. The smallest absolute Gasteiger partial charge is 0.337 e. The van der Waals surface area contributed by atoms with Crippen molar-refractivity contribution in [2.24, 2.45) is 0 Å². The fraction of sp³-hybridized carbons (Fsp3) is 0.923. The van der Waals surface area contributed by atoms with E-state index in [4.69, 9.17) is 18.9 Å². The first-order valence-corrected chi connectivity index (χ1v) is 6.58. The molecule has 7 heteroatoms. The van der Waals surface area contributed by atoms with E-state index in [0.717, 1.165) is 0 Å². The summed E-state index contributed by atoms with van der Waals surface area (Å²) in [5.74, 6) is -2.40. The van der Waals surface area contributed by atoms with Gasteiger partial charge in [0.25, 0.3) is 0 Å². The minimum atomic E-state index is -1.43. The molecule has 0 aromatic heterocycles. The van der Waals surface area contributed by atoms with Gasteiger partial charge in [0, 0.05) is 0 Å². The molecule has 0 amide bonds. The number of carbonyl (C=O) groups is 1. The average Bonchev–Trinajstić information content (AvgIpc) is 2.86. The number of rotatable bonds is 3. The van der Waals surface area contributed by atoms with E-state index in [1.54, 1.807) is 27.7 Å². The average molecular weight is 290 g/mol. The van der Waals surface area contributed by atoms with Gasteiger partial charge in [-0.2, -0.15) is 0 Å². The molecule has 0 radical (unpaired) electrons. The van der Waals surface area contributed by atoms with Crippen molar-refractivity contribution in [1.82, 2.24) is 0 Å². The highest BCUT2D eigenvalue weighted by molar-refractivity contribution is 5.75. The van der Waals surface area contributed by atoms with Crippen LogP contribution in [-0.2, 0) is 28.5 Å². The Labute approximate surface area is 118 Å². The Balaban J connectivity index is 2.14. The molecule has 0 spiro atoms. The molecule has 20 heavy (non-hydrogen) atoms. The number of esters is 1. The molecule has 2 fully saturated rings. The van der Waals surface area contributed by atoms with E-state index in [0.29, 0.717) is 6.61 Å². The topological polar surface area (TPSA) is 83.5 Å². The Morgan fingerprint density at radius 2 is 1.85 bits per heavy atom. The summed E-state index contributed by atoms with van der Waals surface area (Å²) in [6.07, 6.45) is -3.32. The third kappa shape index (κ3) is 3.12. The number of ether oxygens (including phenoxy) is 5. The molecule has 1 unspecified atom stereocenters. The number of aliphatic hydroxyl groups is 1. The molecule has 116 valence electrons. The van der Waals surface area contributed by atoms with Crippen LogP contribution in [0.3, 0.4) is 0 Å². The van der Waals surface area contributed by atoms with Crippen molar-refractivity contribution in [1.29, 1.82) is 0 Å². The summed E-state index contributed by atoms with van der Waals surface area (Å²) in [7, 11) is 1.21. The number of methoxy groups -OCH3 is 1. The fourth-order valence-electron chi connectivity index (χ4n) is 2.48. The lowest BCUT2D eigenvalue weighted by Crippen LogP contribution is -2.47. The Hall–Kier alpha value is -0.730. The summed E-state index contributed by atoms with van der Waals surface area (Å²) in [6, 6.07) is 0. The Bertz CT molecular complexity index is 379. The van der Waals surface area contributed by atoms with Gasteiger partial charge in [0.15, 0.2) is 17.7 Å². The van der Waals surface area contributed by atoms with Crippen LogP contribution in [0.2, 0.25) is 0 Å². The van der Waals surface area contributed by atoms with Crippen LogP contribution in [0.5, 0.6) is 0 Å². The van der Waals surface area contributed by atoms with E-state index in [1.165, 1.54) is 7.11 Å². The molecule has 0 aromatic carbocycles. The maximum Gasteiger partial charge on any atom is 0.337 e. The lowest BCUT2D eigenvalue weighted by Gasteiger charge is -2.25. The highest BCUT2D eigenvalue weighted by Gasteiger charge is 2.53. The van der Waals surface area contributed by atoms with E-state index in [-0.39, 0.29) is 0 Å². The summed E-state index contributed by atoms with van der Waals surface area (Å²) in [5, 5.41) is 10.0. The third-order valence-corrected chi connectivity index (χ3v) is 3.31. The van der Waals surface area contributed by atoms with Crippen LogP contribution < -0.4 is 0 Å². The molecule has 1 N–H and O–H groups in total. The number of hydrogen-bond donors (Lipinski definition) is 1. The first-order valence-electron chi connectivity index (χ1n) is 6.58. The van der Waals surface area contributed by atoms with Crippen molar-refractivity contribution in [2.45, 2.75) is 63.7 Å². The first-order chi connectivity index (χ1) is 9.15. The second kappa shape index (κ2) is 5.23. The molecule has 0 saturated carbocycles. The monoisotopic (exact) mass is 290 g/mol. The summed E-state index contributed by atoms with van der Waals surface area (Å²) in [4.78, 5) is 11.5. The van der Waals surface area contributed by atoms with Crippen LogP contribution in [-0.4, -0.2) is 60.8 Å². The highest BCUT2D eigenvalue weighted by atomic mass is 16.8. The van der Waals surface area contributed by atoms with Crippen molar-refractivity contribution < 1.29 is 33.6 Å². The summed E-state index contributed by atoms with van der Waals surface area (Å²) >= 11 is 0. The first kappa shape index (κ1) is 15.7. The minimum absolute atomic E-state index is 0.307. The standard InChI is InChI=1S/C13H22O7/c1-12(2)17-6-7(18-12)9-10(8(14)11(15)16-5)20-13(3,4)19-9/h7-10,14H,6H2,1-5H3/t7-,8-,9?,10-/m1/s1. The van der Waals surface area contributed by atoms with Crippen LogP contribution in [0, 0.1) is 0 Å². The van der Waals surface area contributed by atoms with Crippen molar-refractivity contribution >= 4 is 5.97 Å². The molecule has 2 aliphatic heterocycles. The third-order valence-electron chi connectivity index (χ3n) is 3.31. The zero-order valence-electron chi connectivity index (χ0n) is 12.4. The van der Waals surface area contributed by atoms with Gasteiger partial charge in [-0.05, 0) is 27.7 Å². The zero-order chi connectivity index (χ0) is 15.1. The molecule has 2 rings (SSSR count). The lowest BCUT2D eigenvalue weighted by atomic mass is 10.0. The maximum absolute atomic E-state index is 11.5. The predicted octanol–water partition coefficient (Wildman–Crippen LogP) is 0.192. The van der Waals surface area contributed by atoms with Gasteiger partial charge in [-0.1, -0.05) is 0 Å². The van der Waals surface area contributed by atoms with Crippen molar-refractivity contribution in [3.8, 4) is 0 Å². The minimum Gasteiger partial charge on any atom is -0.467 e. The zero-order valence-corrected chi connectivity index (χ0v) is 12.4. The van der Waals surface area contributed by atoms with Crippen molar-refractivity contribution in [3.63, 3.8) is 0 Å². The van der Waals surface area contributed by atoms with E-state index in [9.17, 15) is 9.90 Å². The molecule has 4 atom stereocenters. The molecule has 2 heterocycles. The molecule has 0 aromatic rings. The second-order valence-corrected chi connectivity index (χ2v) is 5.90. The van der Waals surface area contributed by atoms with Crippen LogP contribution in [0.4, 0.5) is 0 Å². The lowest BCUT2D eigenvalue weighted by molar-refractivity contribution is -0.176. The molecule has 2 saturated heterocycles. The molecule has 0 aliphatic carbocycles. The SMILES string of the molecule is COC(=O)[C@H](O)[C@H]1OC(C)(C)OC1[C@H]1COC(C)(C)O1. The van der Waals surface area contributed by atoms with E-state index in [1.807, 2.05) is 0 Å². The van der Waals surface area contributed by atoms with E-state index < -0.39 is 42.0 Å². The molecule has 0 bridgehead atoms. The fourth-order valence-corrected chi connectivity index (χ4v) is 2.48. The summed E-state index contributed by atoms with van der Waals surface area (Å²) < 4.78 is 27.1. The maximum atomic E-state index is 11.5. The largest absolute Gasteiger partial charge is 0.467 e. The van der Waals surface area contributed by atoms with Crippen LogP contribution >= 0.6 is 0 Å². The normalized spacial score (nSPS) is 36.8. The van der Waals surface area contributed by atoms with Gasteiger partial charge in [0.2, 0.25) is 0 Å². The predicted molar refractivity (Wildman–Crippen MR) is 66.8 cm³/mol. The summed E-state index contributed by atoms with van der Waals surface area (Å²) in [6.45, 7) is 7.32. The van der Waals surface area contributed by atoms with Gasteiger partial charge in [0.05, 0.1) is 13.7 Å².